The molecule has 1 N–H and O–H groups in total. The zero-order chi connectivity index (χ0) is 19.9. The molecule has 0 radical (unpaired) electrons. The highest BCUT2D eigenvalue weighted by Crippen LogP contribution is 2.18. The Hall–Kier alpha value is -3.28. The van der Waals surface area contributed by atoms with Crippen LogP contribution in [0.2, 0.25) is 0 Å². The van der Waals surface area contributed by atoms with Gasteiger partial charge < -0.3 is 14.8 Å². The Morgan fingerprint density at radius 2 is 1.75 bits per heavy atom. The average molecular weight is 379 g/mol. The van der Waals surface area contributed by atoms with E-state index < -0.39 is 0 Å². The van der Waals surface area contributed by atoms with Gasteiger partial charge in [-0.1, -0.05) is 12.1 Å². The Morgan fingerprint density at radius 3 is 2.36 bits per heavy atom. The number of amides is 1. The molecule has 146 valence electrons. The summed E-state index contributed by atoms with van der Waals surface area (Å²) in [4.78, 5) is 12.5. The number of methoxy groups -OCH3 is 1. The van der Waals surface area contributed by atoms with E-state index in [4.69, 9.17) is 9.47 Å². The lowest BCUT2D eigenvalue weighted by molar-refractivity contribution is 0.0939. The van der Waals surface area contributed by atoms with Crippen LogP contribution in [0.4, 0.5) is 0 Å². The van der Waals surface area contributed by atoms with Crippen LogP contribution in [0.5, 0.6) is 11.5 Å². The average Bonchev–Trinajstić information content (AvgIpc) is 3.22. The quantitative estimate of drug-likeness (QED) is 0.643. The number of benzene rings is 2. The maximum atomic E-state index is 12.5. The predicted molar refractivity (Wildman–Crippen MR) is 108 cm³/mol. The van der Waals surface area contributed by atoms with Crippen molar-refractivity contribution >= 4 is 5.91 Å². The summed E-state index contributed by atoms with van der Waals surface area (Å²) in [5, 5.41) is 7.41. The molecule has 6 nitrogen and oxygen atoms in total. The van der Waals surface area contributed by atoms with Gasteiger partial charge in [-0.2, -0.15) is 5.10 Å². The van der Waals surface area contributed by atoms with E-state index in [0.29, 0.717) is 12.2 Å². The van der Waals surface area contributed by atoms with Crippen molar-refractivity contribution in [3.05, 3.63) is 77.6 Å². The van der Waals surface area contributed by atoms with Crippen LogP contribution >= 0.6 is 0 Å². The van der Waals surface area contributed by atoms with E-state index in [1.807, 2.05) is 67.2 Å². The van der Waals surface area contributed by atoms with Crippen LogP contribution in [0.15, 0.2) is 60.8 Å². The molecule has 1 amide bonds. The Kier molecular flexibility index (Phi) is 6.32. The molecule has 0 saturated heterocycles. The lowest BCUT2D eigenvalue weighted by atomic mass is 10.1. The largest absolute Gasteiger partial charge is 0.497 e. The number of ether oxygens (including phenoxy) is 2. The molecule has 3 rings (SSSR count). The van der Waals surface area contributed by atoms with Crippen LogP contribution in [-0.4, -0.2) is 22.8 Å². The van der Waals surface area contributed by atoms with E-state index in [2.05, 4.69) is 10.4 Å². The summed E-state index contributed by atoms with van der Waals surface area (Å²) in [6.07, 6.45) is 1.91. The molecule has 1 heterocycles. The molecule has 6 heteroatoms. The number of rotatable bonds is 8. The van der Waals surface area contributed by atoms with E-state index in [1.54, 1.807) is 19.2 Å². The van der Waals surface area contributed by atoms with Crippen LogP contribution < -0.4 is 14.8 Å². The first-order chi connectivity index (χ1) is 13.6. The van der Waals surface area contributed by atoms with E-state index in [-0.39, 0.29) is 11.9 Å². The van der Waals surface area contributed by atoms with Gasteiger partial charge >= 0.3 is 0 Å². The number of nitrogens with zero attached hydrogens (tertiary/aromatic N) is 2. The SMILES string of the molecule is CCn1ccc(C(C)NC(=O)c2ccc(COc3ccc(OC)cc3)cc2)n1. The molecule has 0 aliphatic heterocycles. The van der Waals surface area contributed by atoms with Crippen molar-refractivity contribution in [2.75, 3.05) is 7.11 Å². The molecule has 2 aromatic carbocycles. The lowest BCUT2D eigenvalue weighted by Gasteiger charge is -2.12. The monoisotopic (exact) mass is 379 g/mol. The second kappa shape index (κ2) is 9.08. The summed E-state index contributed by atoms with van der Waals surface area (Å²) in [7, 11) is 1.63. The smallest absolute Gasteiger partial charge is 0.251 e. The molecule has 0 aliphatic carbocycles. The van der Waals surface area contributed by atoms with Crippen molar-refractivity contribution in [1.29, 1.82) is 0 Å². The molecular formula is C22H25N3O3. The third kappa shape index (κ3) is 4.91. The fourth-order valence-corrected chi connectivity index (χ4v) is 2.73. The normalized spacial score (nSPS) is 11.7. The highest BCUT2D eigenvalue weighted by molar-refractivity contribution is 5.94. The Morgan fingerprint density at radius 1 is 1.07 bits per heavy atom. The fourth-order valence-electron chi connectivity index (χ4n) is 2.73. The maximum Gasteiger partial charge on any atom is 0.251 e. The van der Waals surface area contributed by atoms with Crippen molar-refractivity contribution in [3.8, 4) is 11.5 Å². The van der Waals surface area contributed by atoms with E-state index in [1.165, 1.54) is 0 Å². The van der Waals surface area contributed by atoms with Crippen LogP contribution in [0.1, 0.15) is 41.5 Å². The van der Waals surface area contributed by atoms with Crippen LogP contribution in [0.3, 0.4) is 0 Å². The van der Waals surface area contributed by atoms with Crippen molar-refractivity contribution in [2.45, 2.75) is 33.0 Å². The first-order valence-electron chi connectivity index (χ1n) is 9.29. The third-order valence-corrected chi connectivity index (χ3v) is 4.46. The molecular weight excluding hydrogens is 354 g/mol. The van der Waals surface area contributed by atoms with E-state index >= 15 is 0 Å². The van der Waals surface area contributed by atoms with Gasteiger partial charge in [0.15, 0.2) is 0 Å². The fraction of sp³-hybridized carbons (Fsp3) is 0.273. The summed E-state index contributed by atoms with van der Waals surface area (Å²) in [5.74, 6) is 1.43. The molecule has 0 saturated carbocycles. The lowest BCUT2D eigenvalue weighted by Crippen LogP contribution is -2.27. The molecule has 0 fully saturated rings. The minimum atomic E-state index is -0.154. The third-order valence-electron chi connectivity index (χ3n) is 4.46. The van der Waals surface area contributed by atoms with E-state index in [0.717, 1.165) is 29.3 Å². The van der Waals surface area contributed by atoms with Crippen molar-refractivity contribution in [2.24, 2.45) is 0 Å². The number of carbonyl (C=O) groups excluding carboxylic acids is 1. The summed E-state index contributed by atoms with van der Waals surface area (Å²) in [6, 6.07) is 16.6. The van der Waals surface area contributed by atoms with Crippen molar-refractivity contribution < 1.29 is 14.3 Å². The molecule has 3 aromatic rings. The first kappa shape index (κ1) is 19.5. The van der Waals surface area contributed by atoms with Crippen molar-refractivity contribution in [1.82, 2.24) is 15.1 Å². The predicted octanol–water partition coefficient (Wildman–Crippen LogP) is 3.98. The zero-order valence-corrected chi connectivity index (χ0v) is 16.4. The summed E-state index contributed by atoms with van der Waals surface area (Å²) in [6.45, 7) is 5.19. The van der Waals surface area contributed by atoms with Crippen LogP contribution in [-0.2, 0) is 13.2 Å². The Labute approximate surface area is 165 Å². The summed E-state index contributed by atoms with van der Waals surface area (Å²) in [5.41, 5.74) is 2.44. The summed E-state index contributed by atoms with van der Waals surface area (Å²) < 4.78 is 12.7. The maximum absolute atomic E-state index is 12.5. The number of hydrogen-bond donors (Lipinski definition) is 1. The molecule has 28 heavy (non-hydrogen) atoms. The van der Waals surface area contributed by atoms with Gasteiger partial charge in [0.2, 0.25) is 0 Å². The highest BCUT2D eigenvalue weighted by atomic mass is 16.5. The molecule has 0 aliphatic rings. The minimum absolute atomic E-state index is 0.124. The number of nitrogens with one attached hydrogen (secondary N) is 1. The van der Waals surface area contributed by atoms with Gasteiger partial charge in [-0.3, -0.25) is 9.48 Å². The molecule has 1 unspecified atom stereocenters. The Balaban J connectivity index is 1.54. The number of carbonyl (C=O) groups is 1. The number of aryl methyl sites for hydroxylation is 1. The molecule has 1 aromatic heterocycles. The first-order valence-corrected chi connectivity index (χ1v) is 9.29. The van der Waals surface area contributed by atoms with E-state index in [9.17, 15) is 4.79 Å². The van der Waals surface area contributed by atoms with Gasteiger partial charge in [-0.25, -0.2) is 0 Å². The molecule has 1 atom stereocenters. The summed E-state index contributed by atoms with van der Waals surface area (Å²) >= 11 is 0. The van der Waals surface area contributed by atoms with Crippen molar-refractivity contribution in [3.63, 3.8) is 0 Å². The molecule has 0 spiro atoms. The number of hydrogen-bond acceptors (Lipinski definition) is 4. The van der Waals surface area contributed by atoms with Crippen LogP contribution in [0, 0.1) is 0 Å². The van der Waals surface area contributed by atoms with Gasteiger partial charge in [0, 0.05) is 18.3 Å². The highest BCUT2D eigenvalue weighted by Gasteiger charge is 2.13. The standard InChI is InChI=1S/C22H25N3O3/c1-4-25-14-13-21(24-25)16(2)23-22(26)18-7-5-17(6-8-18)15-28-20-11-9-19(27-3)10-12-20/h5-14,16H,4,15H2,1-3H3,(H,23,26). The Bertz CT molecular complexity index is 902. The number of aromatic nitrogens is 2. The van der Waals surface area contributed by atoms with Gasteiger partial charge in [-0.05, 0) is 61.9 Å². The topological polar surface area (TPSA) is 65.4 Å². The van der Waals surface area contributed by atoms with Gasteiger partial charge in [-0.15, -0.1) is 0 Å². The second-order valence-corrected chi connectivity index (χ2v) is 6.45. The van der Waals surface area contributed by atoms with Gasteiger partial charge in [0.1, 0.15) is 18.1 Å². The zero-order valence-electron chi connectivity index (χ0n) is 16.4. The minimum Gasteiger partial charge on any atom is -0.497 e. The molecule has 0 bridgehead atoms. The van der Waals surface area contributed by atoms with Gasteiger partial charge in [0.05, 0.1) is 18.8 Å². The second-order valence-electron chi connectivity index (χ2n) is 6.45. The van der Waals surface area contributed by atoms with Gasteiger partial charge in [0.25, 0.3) is 5.91 Å². The van der Waals surface area contributed by atoms with Crippen LogP contribution in [0.25, 0.3) is 0 Å².